The maximum Gasteiger partial charge on any atom is 0.233 e. The highest BCUT2D eigenvalue weighted by atomic mass is 16.5. The van der Waals surface area contributed by atoms with Gasteiger partial charge in [-0.15, -0.1) is 0 Å². The summed E-state index contributed by atoms with van der Waals surface area (Å²) in [5.74, 6) is 6.70. The van der Waals surface area contributed by atoms with Crippen molar-refractivity contribution in [3.63, 3.8) is 0 Å². The molecule has 0 unspecified atom stereocenters. The number of rotatable bonds is 6. The van der Waals surface area contributed by atoms with E-state index >= 15 is 0 Å². The number of hydrogen-bond acceptors (Lipinski definition) is 4. The molecule has 0 aromatic heterocycles. The van der Waals surface area contributed by atoms with E-state index in [4.69, 9.17) is 10.5 Å². The average Bonchev–Trinajstić information content (AvgIpc) is 2.52. The highest BCUT2D eigenvalue weighted by Gasteiger charge is 2.11. The van der Waals surface area contributed by atoms with Gasteiger partial charge in [0.2, 0.25) is 5.91 Å². The minimum Gasteiger partial charge on any atom is -0.497 e. The average molecular weight is 289 g/mol. The maximum atomic E-state index is 11.5. The zero-order chi connectivity index (χ0) is 15.7. The molecule has 3 N–H and O–H groups in total. The van der Waals surface area contributed by atoms with Gasteiger partial charge in [0.05, 0.1) is 20.2 Å². The van der Waals surface area contributed by atoms with Crippen LogP contribution >= 0.6 is 0 Å². The van der Waals surface area contributed by atoms with Crippen molar-refractivity contribution in [2.75, 3.05) is 33.8 Å². The molecule has 0 aliphatic rings. The number of amides is 1. The van der Waals surface area contributed by atoms with Gasteiger partial charge < -0.3 is 15.8 Å². The molecule has 0 spiro atoms. The molecule has 0 aliphatic carbocycles. The van der Waals surface area contributed by atoms with E-state index in [2.05, 4.69) is 17.2 Å². The summed E-state index contributed by atoms with van der Waals surface area (Å²) in [5.41, 5.74) is 7.37. The predicted molar refractivity (Wildman–Crippen MR) is 83.9 cm³/mol. The summed E-state index contributed by atoms with van der Waals surface area (Å²) in [5, 5.41) is 2.64. The van der Waals surface area contributed by atoms with Crippen LogP contribution in [-0.2, 0) is 11.3 Å². The van der Waals surface area contributed by atoms with Gasteiger partial charge in [-0.05, 0) is 30.3 Å². The Kier molecular flexibility index (Phi) is 7.30. The first-order chi connectivity index (χ1) is 10.1. The Morgan fingerprint density at radius 3 is 2.81 bits per heavy atom. The second kappa shape index (κ2) is 9.01. The molecular formula is C16H23N3O2. The third-order valence-corrected chi connectivity index (χ3v) is 3.12. The van der Waals surface area contributed by atoms with Crippen LogP contribution in [0.4, 0.5) is 0 Å². The fraction of sp³-hybridized carbons (Fsp3) is 0.438. The van der Waals surface area contributed by atoms with E-state index in [1.807, 2.05) is 30.0 Å². The van der Waals surface area contributed by atoms with Crippen molar-refractivity contribution in [3.05, 3.63) is 29.3 Å². The van der Waals surface area contributed by atoms with Crippen molar-refractivity contribution >= 4 is 5.91 Å². The Bertz CT molecular complexity index is 532. The first-order valence-corrected chi connectivity index (χ1v) is 6.93. The van der Waals surface area contributed by atoms with Crippen LogP contribution in [0.15, 0.2) is 18.2 Å². The van der Waals surface area contributed by atoms with Gasteiger partial charge in [-0.25, -0.2) is 0 Å². The lowest BCUT2D eigenvalue weighted by molar-refractivity contribution is -0.121. The van der Waals surface area contributed by atoms with E-state index < -0.39 is 0 Å². The standard InChI is InChI=1S/C16H23N3O2/c1-4-19(12-16(20)18-2)11-14-10-15(21-3)8-7-13(14)6-5-9-17/h7-8,10H,4,9,11-12,17H2,1-3H3,(H,18,20). The number of carbonyl (C=O) groups is 1. The second-order valence-corrected chi connectivity index (χ2v) is 4.51. The van der Waals surface area contributed by atoms with Crippen LogP contribution in [0.25, 0.3) is 0 Å². The summed E-state index contributed by atoms with van der Waals surface area (Å²) in [7, 11) is 3.27. The molecule has 0 radical (unpaired) electrons. The van der Waals surface area contributed by atoms with Crippen LogP contribution in [0, 0.1) is 11.8 Å². The van der Waals surface area contributed by atoms with Crippen molar-refractivity contribution in [1.82, 2.24) is 10.2 Å². The second-order valence-electron chi connectivity index (χ2n) is 4.51. The summed E-state index contributed by atoms with van der Waals surface area (Å²) in [6.45, 7) is 4.10. The molecule has 1 aromatic rings. The normalized spacial score (nSPS) is 9.95. The smallest absolute Gasteiger partial charge is 0.233 e. The summed E-state index contributed by atoms with van der Waals surface area (Å²) >= 11 is 0. The Labute approximate surface area is 126 Å². The van der Waals surface area contributed by atoms with E-state index in [9.17, 15) is 4.79 Å². The number of nitrogens with zero attached hydrogens (tertiary/aromatic N) is 1. The number of nitrogens with one attached hydrogen (secondary N) is 1. The maximum absolute atomic E-state index is 11.5. The minimum absolute atomic E-state index is 0.00524. The zero-order valence-corrected chi connectivity index (χ0v) is 12.9. The summed E-state index contributed by atoms with van der Waals surface area (Å²) < 4.78 is 5.26. The minimum atomic E-state index is -0.00524. The molecule has 0 saturated carbocycles. The first kappa shape index (κ1) is 17.0. The van der Waals surface area contributed by atoms with Crippen LogP contribution < -0.4 is 15.8 Å². The van der Waals surface area contributed by atoms with Gasteiger partial charge in [-0.2, -0.15) is 0 Å². The molecule has 1 rings (SSSR count). The van der Waals surface area contributed by atoms with E-state index in [1.54, 1.807) is 14.2 Å². The van der Waals surface area contributed by atoms with E-state index in [1.165, 1.54) is 0 Å². The van der Waals surface area contributed by atoms with Gasteiger partial charge >= 0.3 is 0 Å². The number of carbonyl (C=O) groups excluding carboxylic acids is 1. The van der Waals surface area contributed by atoms with Crippen LogP contribution in [0.3, 0.4) is 0 Å². The molecule has 114 valence electrons. The third-order valence-electron chi connectivity index (χ3n) is 3.12. The van der Waals surface area contributed by atoms with Gasteiger partial charge in [0.25, 0.3) is 0 Å². The van der Waals surface area contributed by atoms with E-state index in [-0.39, 0.29) is 5.91 Å². The van der Waals surface area contributed by atoms with Crippen LogP contribution in [0.1, 0.15) is 18.1 Å². The molecule has 21 heavy (non-hydrogen) atoms. The molecule has 0 bridgehead atoms. The molecule has 0 atom stereocenters. The highest BCUT2D eigenvalue weighted by Crippen LogP contribution is 2.18. The predicted octanol–water partition coefficient (Wildman–Crippen LogP) is 0.573. The Morgan fingerprint density at radius 1 is 1.48 bits per heavy atom. The number of hydrogen-bond donors (Lipinski definition) is 2. The fourth-order valence-corrected chi connectivity index (χ4v) is 1.90. The van der Waals surface area contributed by atoms with Crippen molar-refractivity contribution in [2.24, 2.45) is 5.73 Å². The van der Waals surface area contributed by atoms with Gasteiger partial charge in [0.15, 0.2) is 0 Å². The lowest BCUT2D eigenvalue weighted by Crippen LogP contribution is -2.35. The molecule has 0 fully saturated rings. The summed E-state index contributed by atoms with van der Waals surface area (Å²) in [6.07, 6.45) is 0. The van der Waals surface area contributed by atoms with Crippen LogP contribution in [0.2, 0.25) is 0 Å². The number of methoxy groups -OCH3 is 1. The third kappa shape index (κ3) is 5.46. The molecule has 0 aliphatic heterocycles. The Hall–Kier alpha value is -2.03. The van der Waals surface area contributed by atoms with Gasteiger partial charge in [0, 0.05) is 19.2 Å². The van der Waals surface area contributed by atoms with Gasteiger partial charge in [0.1, 0.15) is 5.75 Å². The Balaban J connectivity index is 2.99. The van der Waals surface area contributed by atoms with Crippen molar-refractivity contribution in [1.29, 1.82) is 0 Å². The summed E-state index contributed by atoms with van der Waals surface area (Å²) in [4.78, 5) is 13.6. The fourth-order valence-electron chi connectivity index (χ4n) is 1.90. The molecule has 5 nitrogen and oxygen atoms in total. The molecular weight excluding hydrogens is 266 g/mol. The largest absolute Gasteiger partial charge is 0.497 e. The van der Waals surface area contributed by atoms with Crippen molar-refractivity contribution < 1.29 is 9.53 Å². The quantitative estimate of drug-likeness (QED) is 0.752. The summed E-state index contributed by atoms with van der Waals surface area (Å²) in [6, 6.07) is 5.75. The molecule has 5 heteroatoms. The lowest BCUT2D eigenvalue weighted by atomic mass is 10.1. The molecule has 0 heterocycles. The van der Waals surface area contributed by atoms with Gasteiger partial charge in [-0.1, -0.05) is 18.8 Å². The Morgan fingerprint density at radius 2 is 2.24 bits per heavy atom. The first-order valence-electron chi connectivity index (χ1n) is 6.93. The highest BCUT2D eigenvalue weighted by molar-refractivity contribution is 5.77. The van der Waals surface area contributed by atoms with Crippen LogP contribution in [0.5, 0.6) is 5.75 Å². The van der Waals surface area contributed by atoms with Crippen LogP contribution in [-0.4, -0.2) is 44.6 Å². The zero-order valence-electron chi connectivity index (χ0n) is 12.9. The number of ether oxygens (including phenoxy) is 1. The van der Waals surface area contributed by atoms with Crippen molar-refractivity contribution in [3.8, 4) is 17.6 Å². The number of likely N-dealkylation sites (N-methyl/N-ethyl adjacent to an activating group) is 2. The number of benzene rings is 1. The SMILES string of the molecule is CCN(CC(=O)NC)Cc1cc(OC)ccc1C#CCN. The lowest BCUT2D eigenvalue weighted by Gasteiger charge is -2.20. The topological polar surface area (TPSA) is 67.6 Å². The van der Waals surface area contributed by atoms with Gasteiger partial charge in [-0.3, -0.25) is 9.69 Å². The monoisotopic (exact) mass is 289 g/mol. The van der Waals surface area contributed by atoms with E-state index in [0.717, 1.165) is 23.4 Å². The molecule has 0 saturated heterocycles. The molecule has 1 aromatic carbocycles. The number of nitrogens with two attached hydrogens (primary N) is 1. The van der Waals surface area contributed by atoms with E-state index in [0.29, 0.717) is 19.6 Å². The van der Waals surface area contributed by atoms with Crippen molar-refractivity contribution in [2.45, 2.75) is 13.5 Å². The molecule has 1 amide bonds.